The topological polar surface area (TPSA) is 71.5 Å². The van der Waals surface area contributed by atoms with E-state index in [2.05, 4.69) is 10.3 Å². The molecular formula is C15H21N3O3. The van der Waals surface area contributed by atoms with Crippen molar-refractivity contribution in [2.45, 2.75) is 32.9 Å². The Hall–Kier alpha value is -2.11. The highest BCUT2D eigenvalue weighted by atomic mass is 16.5. The summed E-state index contributed by atoms with van der Waals surface area (Å²) in [4.78, 5) is 29.8. The van der Waals surface area contributed by atoms with Crippen LogP contribution in [0.2, 0.25) is 0 Å². The van der Waals surface area contributed by atoms with Crippen LogP contribution in [0.15, 0.2) is 18.3 Å². The quantitative estimate of drug-likeness (QED) is 0.877. The molecule has 2 heterocycles. The van der Waals surface area contributed by atoms with Gasteiger partial charge in [0, 0.05) is 37.8 Å². The van der Waals surface area contributed by atoms with Gasteiger partial charge in [0.1, 0.15) is 0 Å². The number of carbonyl (C=O) groups is 2. The SMILES string of the molecule is COc1ccc(CNC(=O)[C@@H]2CC(=O)N(C(C)C)C2)cn1. The third-order valence-corrected chi connectivity index (χ3v) is 3.63. The summed E-state index contributed by atoms with van der Waals surface area (Å²) in [5, 5.41) is 2.86. The Kier molecular flexibility index (Phi) is 4.77. The zero-order valence-corrected chi connectivity index (χ0v) is 12.6. The van der Waals surface area contributed by atoms with Crippen molar-refractivity contribution in [1.82, 2.24) is 15.2 Å². The molecule has 0 radical (unpaired) electrons. The van der Waals surface area contributed by atoms with Crippen LogP contribution in [0.1, 0.15) is 25.8 Å². The number of likely N-dealkylation sites (tertiary alicyclic amines) is 1. The second kappa shape index (κ2) is 6.56. The summed E-state index contributed by atoms with van der Waals surface area (Å²) in [7, 11) is 1.56. The predicted molar refractivity (Wildman–Crippen MR) is 77.6 cm³/mol. The summed E-state index contributed by atoms with van der Waals surface area (Å²) in [6.07, 6.45) is 1.96. The molecule has 2 rings (SSSR count). The van der Waals surface area contributed by atoms with E-state index in [-0.39, 0.29) is 23.8 Å². The average Bonchev–Trinajstić information content (AvgIpc) is 2.87. The van der Waals surface area contributed by atoms with E-state index in [0.29, 0.717) is 25.4 Å². The summed E-state index contributed by atoms with van der Waals surface area (Å²) in [6, 6.07) is 3.74. The van der Waals surface area contributed by atoms with Gasteiger partial charge in [0.25, 0.3) is 0 Å². The van der Waals surface area contributed by atoms with Crippen molar-refractivity contribution in [3.05, 3.63) is 23.9 Å². The number of pyridine rings is 1. The Bertz CT molecular complexity index is 513. The van der Waals surface area contributed by atoms with Crippen LogP contribution in [0.3, 0.4) is 0 Å². The molecule has 2 amide bonds. The first-order valence-corrected chi connectivity index (χ1v) is 7.07. The van der Waals surface area contributed by atoms with E-state index in [1.165, 1.54) is 0 Å². The number of hydrogen-bond donors (Lipinski definition) is 1. The number of carbonyl (C=O) groups excluding carboxylic acids is 2. The Balaban J connectivity index is 1.86. The van der Waals surface area contributed by atoms with E-state index in [9.17, 15) is 9.59 Å². The van der Waals surface area contributed by atoms with Gasteiger partial charge in [-0.05, 0) is 19.4 Å². The van der Waals surface area contributed by atoms with E-state index in [1.807, 2.05) is 19.9 Å². The lowest BCUT2D eigenvalue weighted by molar-refractivity contribution is -0.130. The minimum Gasteiger partial charge on any atom is -0.481 e. The summed E-state index contributed by atoms with van der Waals surface area (Å²) in [5.41, 5.74) is 0.897. The van der Waals surface area contributed by atoms with Crippen molar-refractivity contribution in [2.24, 2.45) is 5.92 Å². The average molecular weight is 291 g/mol. The van der Waals surface area contributed by atoms with E-state index < -0.39 is 0 Å². The van der Waals surface area contributed by atoms with Crippen LogP contribution in [0.5, 0.6) is 5.88 Å². The second-order valence-electron chi connectivity index (χ2n) is 5.47. The maximum atomic E-state index is 12.1. The molecule has 1 aromatic rings. The molecule has 0 saturated carbocycles. The van der Waals surface area contributed by atoms with Gasteiger partial charge in [-0.15, -0.1) is 0 Å². The van der Waals surface area contributed by atoms with Crippen molar-refractivity contribution in [1.29, 1.82) is 0 Å². The molecule has 0 bridgehead atoms. The molecule has 1 aliphatic heterocycles. The number of ether oxygens (including phenoxy) is 1. The number of nitrogens with one attached hydrogen (secondary N) is 1. The van der Waals surface area contributed by atoms with Gasteiger partial charge in [0.15, 0.2) is 0 Å². The van der Waals surface area contributed by atoms with Gasteiger partial charge in [0.05, 0.1) is 13.0 Å². The van der Waals surface area contributed by atoms with E-state index in [0.717, 1.165) is 5.56 Å². The summed E-state index contributed by atoms with van der Waals surface area (Å²) < 4.78 is 4.98. The van der Waals surface area contributed by atoms with Gasteiger partial charge in [-0.25, -0.2) is 4.98 Å². The largest absolute Gasteiger partial charge is 0.481 e. The lowest BCUT2D eigenvalue weighted by atomic mass is 10.1. The highest BCUT2D eigenvalue weighted by Crippen LogP contribution is 2.20. The molecule has 1 atom stereocenters. The standard InChI is InChI=1S/C15H21N3O3/c1-10(2)18-9-12(6-14(18)19)15(20)17-8-11-4-5-13(21-3)16-7-11/h4-5,7,10,12H,6,8-9H2,1-3H3,(H,17,20)/t12-/m1/s1. The van der Waals surface area contributed by atoms with Gasteiger partial charge in [-0.2, -0.15) is 0 Å². The van der Waals surface area contributed by atoms with Gasteiger partial charge >= 0.3 is 0 Å². The third kappa shape index (κ3) is 3.71. The van der Waals surface area contributed by atoms with Crippen molar-refractivity contribution in [2.75, 3.05) is 13.7 Å². The molecular weight excluding hydrogens is 270 g/mol. The molecule has 0 aliphatic carbocycles. The van der Waals surface area contributed by atoms with Crippen LogP contribution in [-0.2, 0) is 16.1 Å². The lowest BCUT2D eigenvalue weighted by Gasteiger charge is -2.20. The first-order valence-electron chi connectivity index (χ1n) is 7.07. The summed E-state index contributed by atoms with van der Waals surface area (Å²) in [6.45, 7) is 4.83. The second-order valence-corrected chi connectivity index (χ2v) is 5.47. The fraction of sp³-hybridized carbons (Fsp3) is 0.533. The molecule has 6 nitrogen and oxygen atoms in total. The Morgan fingerprint density at radius 3 is 2.81 bits per heavy atom. The molecule has 6 heteroatoms. The minimum atomic E-state index is -0.258. The van der Waals surface area contributed by atoms with Crippen molar-refractivity contribution in [3.8, 4) is 5.88 Å². The minimum absolute atomic E-state index is 0.0521. The molecule has 1 aromatic heterocycles. The van der Waals surface area contributed by atoms with Crippen LogP contribution in [0, 0.1) is 5.92 Å². The predicted octanol–water partition coefficient (Wildman–Crippen LogP) is 0.963. The summed E-state index contributed by atoms with van der Waals surface area (Å²) >= 11 is 0. The number of aromatic nitrogens is 1. The fourth-order valence-corrected chi connectivity index (χ4v) is 2.38. The highest BCUT2D eigenvalue weighted by molar-refractivity contribution is 5.89. The van der Waals surface area contributed by atoms with E-state index in [1.54, 1.807) is 24.3 Å². The third-order valence-electron chi connectivity index (χ3n) is 3.63. The lowest BCUT2D eigenvalue weighted by Crippen LogP contribution is -2.35. The Labute approximate surface area is 124 Å². The molecule has 21 heavy (non-hydrogen) atoms. The van der Waals surface area contributed by atoms with E-state index in [4.69, 9.17) is 4.74 Å². The first-order chi connectivity index (χ1) is 10.0. The van der Waals surface area contributed by atoms with Crippen molar-refractivity contribution < 1.29 is 14.3 Å². The first kappa shape index (κ1) is 15.3. The van der Waals surface area contributed by atoms with Crippen molar-refractivity contribution in [3.63, 3.8) is 0 Å². The van der Waals surface area contributed by atoms with Crippen molar-refractivity contribution >= 4 is 11.8 Å². The molecule has 0 unspecified atom stereocenters. The molecule has 0 aromatic carbocycles. The van der Waals surface area contributed by atoms with Crippen LogP contribution >= 0.6 is 0 Å². The smallest absolute Gasteiger partial charge is 0.225 e. The molecule has 1 saturated heterocycles. The van der Waals surface area contributed by atoms with Crippen LogP contribution in [0.25, 0.3) is 0 Å². The number of hydrogen-bond acceptors (Lipinski definition) is 4. The Morgan fingerprint density at radius 1 is 1.52 bits per heavy atom. The number of methoxy groups -OCH3 is 1. The fourth-order valence-electron chi connectivity index (χ4n) is 2.38. The molecule has 0 spiro atoms. The Morgan fingerprint density at radius 2 is 2.29 bits per heavy atom. The normalized spacial score (nSPS) is 18.2. The molecule has 1 fully saturated rings. The van der Waals surface area contributed by atoms with Crippen LogP contribution < -0.4 is 10.1 Å². The van der Waals surface area contributed by atoms with Gasteiger partial charge in [-0.1, -0.05) is 6.07 Å². The number of amides is 2. The maximum Gasteiger partial charge on any atom is 0.225 e. The zero-order valence-electron chi connectivity index (χ0n) is 12.6. The monoisotopic (exact) mass is 291 g/mol. The van der Waals surface area contributed by atoms with Crippen LogP contribution in [-0.4, -0.2) is 41.4 Å². The van der Waals surface area contributed by atoms with Gasteiger partial charge < -0.3 is 15.0 Å². The number of rotatable bonds is 5. The maximum absolute atomic E-state index is 12.1. The number of nitrogens with zero attached hydrogens (tertiary/aromatic N) is 2. The van der Waals surface area contributed by atoms with E-state index >= 15 is 0 Å². The highest BCUT2D eigenvalue weighted by Gasteiger charge is 2.35. The van der Waals surface area contributed by atoms with Gasteiger partial charge in [0.2, 0.25) is 17.7 Å². The summed E-state index contributed by atoms with van der Waals surface area (Å²) in [5.74, 6) is 0.253. The molecule has 1 aliphatic rings. The molecule has 114 valence electrons. The molecule has 1 N–H and O–H groups in total. The van der Waals surface area contributed by atoms with Crippen LogP contribution in [0.4, 0.5) is 0 Å². The zero-order chi connectivity index (χ0) is 15.4. The van der Waals surface area contributed by atoms with Gasteiger partial charge in [-0.3, -0.25) is 9.59 Å².